The number of amides is 1. The summed E-state index contributed by atoms with van der Waals surface area (Å²) >= 11 is 0. The van der Waals surface area contributed by atoms with Crippen LogP contribution >= 0.6 is 0 Å². The van der Waals surface area contributed by atoms with Crippen LogP contribution in [0.2, 0.25) is 0 Å². The van der Waals surface area contributed by atoms with Crippen LogP contribution in [0.5, 0.6) is 0 Å². The summed E-state index contributed by atoms with van der Waals surface area (Å²) in [6.45, 7) is 0. The summed E-state index contributed by atoms with van der Waals surface area (Å²) in [5, 5.41) is 2.77. The summed E-state index contributed by atoms with van der Waals surface area (Å²) in [4.78, 5) is 12.1. The molecule has 0 aromatic carbocycles. The fourth-order valence-corrected chi connectivity index (χ4v) is 4.19. The molecule has 4 nitrogen and oxygen atoms in total. The first-order valence-electron chi connectivity index (χ1n) is 7.11. The minimum absolute atomic E-state index is 0.0341. The van der Waals surface area contributed by atoms with Crippen LogP contribution in [-0.2, 0) is 14.6 Å². The number of nitrogens with one attached hydrogen (secondary N) is 1. The molecule has 5 heteroatoms. The van der Waals surface area contributed by atoms with E-state index in [4.69, 9.17) is 0 Å². The molecule has 0 spiro atoms. The molecule has 1 saturated carbocycles. The zero-order valence-electron chi connectivity index (χ0n) is 11.5. The zero-order chi connectivity index (χ0) is 13.9. The lowest BCUT2D eigenvalue weighted by molar-refractivity contribution is -0.126. The first-order valence-corrected chi connectivity index (χ1v) is 9.06. The summed E-state index contributed by atoms with van der Waals surface area (Å²) in [5.74, 6) is 0.173. The number of hydrogen-bond acceptors (Lipinski definition) is 3. The van der Waals surface area contributed by atoms with Crippen molar-refractivity contribution >= 4 is 15.7 Å². The minimum Gasteiger partial charge on any atom is -0.353 e. The number of rotatable bonds is 3. The Morgan fingerprint density at radius 1 is 1.21 bits per heavy atom. The zero-order valence-corrected chi connectivity index (χ0v) is 12.3. The molecule has 0 radical (unpaired) electrons. The maximum Gasteiger partial charge on any atom is 0.223 e. The Kier molecular flexibility index (Phi) is 4.66. The highest BCUT2D eigenvalue weighted by Crippen LogP contribution is 2.25. The summed E-state index contributed by atoms with van der Waals surface area (Å²) in [6.07, 6.45) is 11.3. The van der Waals surface area contributed by atoms with Crippen LogP contribution in [0.15, 0.2) is 12.2 Å². The van der Waals surface area contributed by atoms with E-state index in [0.29, 0.717) is 6.42 Å². The molecule has 1 fully saturated rings. The van der Waals surface area contributed by atoms with Gasteiger partial charge in [0.1, 0.15) is 9.84 Å². The maximum atomic E-state index is 12.1. The van der Waals surface area contributed by atoms with Gasteiger partial charge in [-0.25, -0.2) is 8.42 Å². The Bertz CT molecular complexity index is 455. The second kappa shape index (κ2) is 6.07. The predicted octanol–water partition coefficient (Wildman–Crippen LogP) is 1.81. The highest BCUT2D eigenvalue weighted by atomic mass is 32.2. The number of carbonyl (C=O) groups is 1. The Morgan fingerprint density at radius 2 is 2.00 bits per heavy atom. The van der Waals surface area contributed by atoms with Crippen molar-refractivity contribution in [3.63, 3.8) is 0 Å². The molecular formula is C14H23NO3S. The van der Waals surface area contributed by atoms with Crippen LogP contribution in [0.4, 0.5) is 0 Å². The quantitative estimate of drug-likeness (QED) is 0.804. The summed E-state index contributed by atoms with van der Waals surface area (Å²) in [5.41, 5.74) is 0. The van der Waals surface area contributed by atoms with Gasteiger partial charge in [-0.2, -0.15) is 0 Å². The molecule has 0 aromatic rings. The Morgan fingerprint density at radius 3 is 2.63 bits per heavy atom. The third-order valence-electron chi connectivity index (χ3n) is 4.22. The van der Waals surface area contributed by atoms with E-state index in [2.05, 4.69) is 17.5 Å². The van der Waals surface area contributed by atoms with E-state index in [-0.39, 0.29) is 23.1 Å². The lowest BCUT2D eigenvalue weighted by Gasteiger charge is -2.30. The van der Waals surface area contributed by atoms with Crippen LogP contribution in [-0.4, -0.2) is 31.9 Å². The molecule has 1 N–H and O–H groups in total. The molecule has 2 rings (SSSR count). The third kappa shape index (κ3) is 4.06. The van der Waals surface area contributed by atoms with Gasteiger partial charge in [-0.1, -0.05) is 18.6 Å². The van der Waals surface area contributed by atoms with Gasteiger partial charge in [0.25, 0.3) is 0 Å². The maximum absolute atomic E-state index is 12.1. The molecule has 1 amide bonds. The van der Waals surface area contributed by atoms with E-state index in [0.717, 1.165) is 38.5 Å². The predicted molar refractivity (Wildman–Crippen MR) is 75.5 cm³/mol. The van der Waals surface area contributed by atoms with Gasteiger partial charge in [-0.15, -0.1) is 0 Å². The monoisotopic (exact) mass is 285 g/mol. The molecule has 0 bridgehead atoms. The molecule has 0 heterocycles. The van der Waals surface area contributed by atoms with Crippen molar-refractivity contribution in [2.24, 2.45) is 5.92 Å². The number of carbonyl (C=O) groups excluding carboxylic acids is 1. The molecule has 3 atom stereocenters. The standard InChI is InChI=1S/C14H23NO3S/c1-19(17,18)13-9-5-8-12(10-13)15-14(16)11-6-3-2-4-7-11/h2-3,11-13H,4-10H2,1H3,(H,15,16)/t11-,12-,13-/m1/s1. The smallest absolute Gasteiger partial charge is 0.223 e. The van der Waals surface area contributed by atoms with Crippen LogP contribution in [0.25, 0.3) is 0 Å². The van der Waals surface area contributed by atoms with Gasteiger partial charge in [0, 0.05) is 18.2 Å². The largest absolute Gasteiger partial charge is 0.353 e. The van der Waals surface area contributed by atoms with E-state index < -0.39 is 9.84 Å². The highest BCUT2D eigenvalue weighted by Gasteiger charge is 2.30. The van der Waals surface area contributed by atoms with E-state index in [9.17, 15) is 13.2 Å². The van der Waals surface area contributed by atoms with E-state index in [1.54, 1.807) is 0 Å². The molecule has 0 aromatic heterocycles. The Hall–Kier alpha value is -0.840. The lowest BCUT2D eigenvalue weighted by Crippen LogP contribution is -2.44. The first-order chi connectivity index (χ1) is 8.97. The molecule has 19 heavy (non-hydrogen) atoms. The van der Waals surface area contributed by atoms with Gasteiger partial charge in [0.05, 0.1) is 5.25 Å². The van der Waals surface area contributed by atoms with Crippen LogP contribution in [0.3, 0.4) is 0 Å². The molecular weight excluding hydrogens is 262 g/mol. The SMILES string of the molecule is CS(=O)(=O)[C@@H]1CCC[C@@H](NC(=O)[C@@H]2CC=CCC2)C1. The number of allylic oxidation sites excluding steroid dienone is 2. The van der Waals surface area contributed by atoms with Crippen LogP contribution in [0, 0.1) is 5.92 Å². The number of hydrogen-bond donors (Lipinski definition) is 1. The van der Waals surface area contributed by atoms with Gasteiger partial charge in [0.2, 0.25) is 5.91 Å². The topological polar surface area (TPSA) is 63.2 Å². The lowest BCUT2D eigenvalue weighted by atomic mass is 9.91. The first kappa shape index (κ1) is 14.6. The highest BCUT2D eigenvalue weighted by molar-refractivity contribution is 7.91. The molecule has 0 aliphatic heterocycles. The van der Waals surface area contributed by atoms with Crippen molar-refractivity contribution in [2.75, 3.05) is 6.26 Å². The van der Waals surface area contributed by atoms with Crippen molar-refractivity contribution < 1.29 is 13.2 Å². The van der Waals surface area contributed by atoms with Crippen molar-refractivity contribution in [1.29, 1.82) is 0 Å². The van der Waals surface area contributed by atoms with Gasteiger partial charge >= 0.3 is 0 Å². The van der Waals surface area contributed by atoms with Crippen LogP contribution < -0.4 is 5.32 Å². The van der Waals surface area contributed by atoms with E-state index in [1.165, 1.54) is 6.26 Å². The summed E-state index contributed by atoms with van der Waals surface area (Å²) < 4.78 is 23.2. The van der Waals surface area contributed by atoms with E-state index >= 15 is 0 Å². The minimum atomic E-state index is -2.98. The van der Waals surface area contributed by atoms with Gasteiger partial charge in [-0.05, 0) is 38.5 Å². The average molecular weight is 285 g/mol. The third-order valence-corrected chi connectivity index (χ3v) is 5.86. The van der Waals surface area contributed by atoms with Crippen molar-refractivity contribution in [1.82, 2.24) is 5.32 Å². The fraction of sp³-hybridized carbons (Fsp3) is 0.786. The Balaban J connectivity index is 1.88. The van der Waals surface area contributed by atoms with Crippen LogP contribution in [0.1, 0.15) is 44.9 Å². The van der Waals surface area contributed by atoms with Gasteiger partial charge < -0.3 is 5.32 Å². The molecule has 2 aliphatic rings. The number of sulfone groups is 1. The Labute approximate surface area is 115 Å². The molecule has 0 saturated heterocycles. The normalized spacial score (nSPS) is 31.9. The fourth-order valence-electron chi connectivity index (χ4n) is 3.02. The van der Waals surface area contributed by atoms with Gasteiger partial charge in [-0.3, -0.25) is 4.79 Å². The van der Waals surface area contributed by atoms with Crippen molar-refractivity contribution in [2.45, 2.75) is 56.2 Å². The van der Waals surface area contributed by atoms with E-state index in [1.807, 2.05) is 0 Å². The summed E-state index contributed by atoms with van der Waals surface area (Å²) in [7, 11) is -2.98. The van der Waals surface area contributed by atoms with Crippen molar-refractivity contribution in [3.05, 3.63) is 12.2 Å². The average Bonchev–Trinajstić information content (AvgIpc) is 2.39. The van der Waals surface area contributed by atoms with Crippen molar-refractivity contribution in [3.8, 4) is 0 Å². The second-order valence-corrected chi connectivity index (χ2v) is 8.13. The molecule has 108 valence electrons. The second-order valence-electron chi connectivity index (χ2n) is 5.81. The molecule has 2 aliphatic carbocycles. The molecule has 0 unspecified atom stereocenters. The van der Waals surface area contributed by atoms with Gasteiger partial charge in [0.15, 0.2) is 0 Å². The summed E-state index contributed by atoms with van der Waals surface area (Å²) in [6, 6.07) is 0.0341.